The number of methoxy groups -OCH3 is 1. The van der Waals surface area contributed by atoms with E-state index in [9.17, 15) is 9.59 Å². The monoisotopic (exact) mass is 384 g/mol. The average Bonchev–Trinajstić information content (AvgIpc) is 3.06. The van der Waals surface area contributed by atoms with Crippen LogP contribution in [0.5, 0.6) is 5.75 Å². The molecule has 7 heteroatoms. The van der Waals surface area contributed by atoms with Crippen molar-refractivity contribution in [3.05, 3.63) is 41.1 Å². The van der Waals surface area contributed by atoms with Gasteiger partial charge >= 0.3 is 6.03 Å². The zero-order chi connectivity index (χ0) is 19.7. The minimum Gasteiger partial charge on any atom is -0.497 e. The summed E-state index contributed by atoms with van der Waals surface area (Å²) in [5, 5.41) is 2.98. The topological polar surface area (TPSA) is 65.1 Å². The van der Waals surface area contributed by atoms with Gasteiger partial charge in [-0.2, -0.15) is 0 Å². The van der Waals surface area contributed by atoms with Gasteiger partial charge in [0.05, 0.1) is 31.0 Å². The maximum Gasteiger partial charge on any atom is 0.322 e. The molecule has 4 rings (SSSR count). The molecule has 1 unspecified atom stereocenters. The van der Waals surface area contributed by atoms with Crippen molar-refractivity contribution < 1.29 is 14.3 Å². The van der Waals surface area contributed by atoms with Crippen molar-refractivity contribution in [2.24, 2.45) is 0 Å². The van der Waals surface area contributed by atoms with Gasteiger partial charge in [-0.15, -0.1) is 0 Å². The van der Waals surface area contributed by atoms with Gasteiger partial charge in [-0.05, 0) is 43.6 Å². The summed E-state index contributed by atoms with van der Waals surface area (Å²) in [5.74, 6) is 0.729. The molecule has 0 saturated carbocycles. The lowest BCUT2D eigenvalue weighted by Gasteiger charge is -2.31. The predicted molar refractivity (Wildman–Crippen MR) is 106 cm³/mol. The standard InChI is InChI=1S/C21H28N4O3/c1-23-17-14-25(12-11-24-9-4-3-5-10-24)20(26)18(17)19(22-21(23)27)15-7-6-8-16(13-15)28-2/h6-8,13,19H,3-5,9-12,14H2,1-2H3,(H,22,27). The molecule has 1 saturated heterocycles. The van der Waals surface area contributed by atoms with Crippen molar-refractivity contribution in [1.29, 1.82) is 0 Å². The van der Waals surface area contributed by atoms with E-state index < -0.39 is 6.04 Å². The van der Waals surface area contributed by atoms with Crippen LogP contribution in [0.25, 0.3) is 0 Å². The zero-order valence-corrected chi connectivity index (χ0v) is 16.6. The number of rotatable bonds is 5. The molecule has 0 spiro atoms. The molecule has 0 bridgehead atoms. The summed E-state index contributed by atoms with van der Waals surface area (Å²) in [7, 11) is 3.34. The highest BCUT2D eigenvalue weighted by atomic mass is 16.5. The number of nitrogens with one attached hydrogen (secondary N) is 1. The first kappa shape index (κ1) is 18.8. The Morgan fingerprint density at radius 2 is 1.93 bits per heavy atom. The fraction of sp³-hybridized carbons (Fsp3) is 0.524. The van der Waals surface area contributed by atoms with Gasteiger partial charge in [-0.1, -0.05) is 18.6 Å². The maximum atomic E-state index is 13.2. The predicted octanol–water partition coefficient (Wildman–Crippen LogP) is 1.97. The molecule has 0 aromatic heterocycles. The van der Waals surface area contributed by atoms with E-state index in [1.165, 1.54) is 19.3 Å². The highest BCUT2D eigenvalue weighted by molar-refractivity contribution is 6.01. The number of benzene rings is 1. The summed E-state index contributed by atoms with van der Waals surface area (Å²) in [6.07, 6.45) is 3.78. The smallest absolute Gasteiger partial charge is 0.322 e. The first-order valence-electron chi connectivity index (χ1n) is 10.0. The quantitative estimate of drug-likeness (QED) is 0.843. The summed E-state index contributed by atoms with van der Waals surface area (Å²) >= 11 is 0. The Bertz CT molecular complexity index is 801. The minimum atomic E-state index is -0.443. The van der Waals surface area contributed by atoms with Crippen LogP contribution in [-0.4, -0.2) is 73.5 Å². The van der Waals surface area contributed by atoms with E-state index in [2.05, 4.69) is 10.2 Å². The van der Waals surface area contributed by atoms with Gasteiger partial charge in [-0.3, -0.25) is 9.69 Å². The van der Waals surface area contributed by atoms with Crippen molar-refractivity contribution in [3.63, 3.8) is 0 Å². The molecule has 3 heterocycles. The maximum absolute atomic E-state index is 13.2. The van der Waals surface area contributed by atoms with E-state index in [0.29, 0.717) is 24.4 Å². The second kappa shape index (κ2) is 7.83. The normalized spacial score (nSPS) is 23.1. The highest BCUT2D eigenvalue weighted by Crippen LogP contribution is 2.36. The molecule has 150 valence electrons. The van der Waals surface area contributed by atoms with Crippen molar-refractivity contribution in [3.8, 4) is 5.75 Å². The summed E-state index contributed by atoms with van der Waals surface area (Å²) in [5.41, 5.74) is 2.34. The van der Waals surface area contributed by atoms with Crippen LogP contribution < -0.4 is 10.1 Å². The third-order valence-electron chi connectivity index (χ3n) is 6.00. The Labute approximate surface area is 165 Å². The zero-order valence-electron chi connectivity index (χ0n) is 16.6. The van der Waals surface area contributed by atoms with Crippen LogP contribution in [0, 0.1) is 0 Å². The second-order valence-electron chi connectivity index (χ2n) is 7.71. The Morgan fingerprint density at radius 1 is 1.14 bits per heavy atom. The van der Waals surface area contributed by atoms with E-state index in [4.69, 9.17) is 4.74 Å². The second-order valence-corrected chi connectivity index (χ2v) is 7.71. The number of likely N-dealkylation sites (tertiary alicyclic amines) is 1. The fourth-order valence-electron chi connectivity index (χ4n) is 4.32. The van der Waals surface area contributed by atoms with Crippen molar-refractivity contribution in [2.45, 2.75) is 25.3 Å². The molecule has 28 heavy (non-hydrogen) atoms. The SMILES string of the molecule is COc1cccc(C2NC(=O)N(C)C3=C2C(=O)N(CCN2CCCCC2)C3)c1. The lowest BCUT2D eigenvalue weighted by atomic mass is 9.95. The molecular formula is C21H28N4O3. The first-order valence-corrected chi connectivity index (χ1v) is 10.0. The van der Waals surface area contributed by atoms with Crippen molar-refractivity contribution in [2.75, 3.05) is 46.9 Å². The summed E-state index contributed by atoms with van der Waals surface area (Å²) in [6, 6.07) is 6.92. The van der Waals surface area contributed by atoms with Crippen LogP contribution >= 0.6 is 0 Å². The van der Waals surface area contributed by atoms with Crippen LogP contribution in [0.15, 0.2) is 35.5 Å². The molecule has 0 radical (unpaired) electrons. The lowest BCUT2D eigenvalue weighted by molar-refractivity contribution is -0.126. The van der Waals surface area contributed by atoms with Crippen molar-refractivity contribution >= 4 is 11.9 Å². The molecule has 3 aliphatic rings. The van der Waals surface area contributed by atoms with E-state index in [-0.39, 0.29) is 11.9 Å². The van der Waals surface area contributed by atoms with Gasteiger partial charge < -0.3 is 19.9 Å². The van der Waals surface area contributed by atoms with Crippen LogP contribution in [0.3, 0.4) is 0 Å². The molecule has 1 fully saturated rings. The van der Waals surface area contributed by atoms with Gasteiger partial charge in [0, 0.05) is 20.1 Å². The number of ether oxygens (including phenoxy) is 1. The number of hydrogen-bond donors (Lipinski definition) is 1. The Hall–Kier alpha value is -2.54. The third kappa shape index (κ3) is 3.46. The van der Waals surface area contributed by atoms with Crippen LogP contribution in [0.4, 0.5) is 4.79 Å². The Balaban J connectivity index is 1.55. The van der Waals surface area contributed by atoms with E-state index in [0.717, 1.165) is 30.9 Å². The number of carbonyl (C=O) groups excluding carboxylic acids is 2. The number of urea groups is 1. The molecule has 0 aliphatic carbocycles. The van der Waals surface area contributed by atoms with Gasteiger partial charge in [0.25, 0.3) is 5.91 Å². The number of carbonyl (C=O) groups is 2. The van der Waals surface area contributed by atoms with Crippen LogP contribution in [0.2, 0.25) is 0 Å². The van der Waals surface area contributed by atoms with Gasteiger partial charge in [0.1, 0.15) is 5.75 Å². The van der Waals surface area contributed by atoms with Gasteiger partial charge in [-0.25, -0.2) is 4.79 Å². The lowest BCUT2D eigenvalue weighted by Crippen LogP contribution is -2.45. The van der Waals surface area contributed by atoms with E-state index in [1.54, 1.807) is 19.1 Å². The van der Waals surface area contributed by atoms with E-state index >= 15 is 0 Å². The largest absolute Gasteiger partial charge is 0.497 e. The molecule has 1 N–H and O–H groups in total. The van der Waals surface area contributed by atoms with Crippen molar-refractivity contribution in [1.82, 2.24) is 20.0 Å². The number of nitrogens with zero attached hydrogens (tertiary/aromatic N) is 3. The van der Waals surface area contributed by atoms with Gasteiger partial charge in [0.15, 0.2) is 0 Å². The Kier molecular flexibility index (Phi) is 5.26. The molecule has 7 nitrogen and oxygen atoms in total. The highest BCUT2D eigenvalue weighted by Gasteiger charge is 2.42. The summed E-state index contributed by atoms with van der Waals surface area (Å²) in [4.78, 5) is 31.6. The number of piperidine rings is 1. The fourth-order valence-corrected chi connectivity index (χ4v) is 4.32. The van der Waals surface area contributed by atoms with E-state index in [1.807, 2.05) is 29.2 Å². The summed E-state index contributed by atoms with van der Waals surface area (Å²) < 4.78 is 5.32. The van der Waals surface area contributed by atoms with Crippen LogP contribution in [0.1, 0.15) is 30.9 Å². The Morgan fingerprint density at radius 3 is 2.68 bits per heavy atom. The summed E-state index contributed by atoms with van der Waals surface area (Å²) in [6.45, 7) is 4.30. The first-order chi connectivity index (χ1) is 13.6. The molecule has 1 aromatic rings. The molecule has 3 aliphatic heterocycles. The number of likely N-dealkylation sites (N-methyl/N-ethyl adjacent to an activating group) is 1. The number of hydrogen-bond acceptors (Lipinski definition) is 4. The van der Waals surface area contributed by atoms with Crippen LogP contribution in [-0.2, 0) is 4.79 Å². The molecule has 3 amide bonds. The molecular weight excluding hydrogens is 356 g/mol. The molecule has 1 aromatic carbocycles. The van der Waals surface area contributed by atoms with Gasteiger partial charge in [0.2, 0.25) is 0 Å². The molecule has 1 atom stereocenters. The minimum absolute atomic E-state index is 0.0201. The number of amides is 3. The average molecular weight is 384 g/mol. The third-order valence-corrected chi connectivity index (χ3v) is 6.00.